The maximum atomic E-state index is 12.9. The first-order valence-corrected chi connectivity index (χ1v) is 9.82. The summed E-state index contributed by atoms with van der Waals surface area (Å²) in [5.41, 5.74) is 0. The number of rotatable bonds is 13. The maximum Gasteiger partial charge on any atom is 0.243 e. The van der Waals surface area contributed by atoms with Crippen molar-refractivity contribution in [2.45, 2.75) is 71.5 Å². The molecule has 0 aromatic carbocycles. The van der Waals surface area contributed by atoms with Crippen molar-refractivity contribution in [3.63, 3.8) is 0 Å². The molecule has 0 bridgehead atoms. The van der Waals surface area contributed by atoms with Crippen LogP contribution in [0.1, 0.15) is 53.4 Å². The predicted octanol–water partition coefficient (Wildman–Crippen LogP) is 1.81. The Morgan fingerprint density at radius 3 is 2.00 bits per heavy atom. The molecule has 0 spiro atoms. The molecule has 0 rings (SSSR count). The van der Waals surface area contributed by atoms with E-state index in [1.54, 1.807) is 32.1 Å². The Balaban J connectivity index is 5.44. The van der Waals surface area contributed by atoms with Crippen LogP contribution in [0.5, 0.6) is 0 Å². The summed E-state index contributed by atoms with van der Waals surface area (Å²) in [5, 5.41) is 2.82. The van der Waals surface area contributed by atoms with E-state index in [9.17, 15) is 19.2 Å². The number of nitrogens with zero attached hydrogens (tertiary/aromatic N) is 2. The highest BCUT2D eigenvalue weighted by Crippen LogP contribution is 2.14. The van der Waals surface area contributed by atoms with E-state index in [2.05, 4.69) is 11.9 Å². The number of hydrogen-bond donors (Lipinski definition) is 1. The van der Waals surface area contributed by atoms with Crippen LogP contribution in [0.15, 0.2) is 12.7 Å². The molecule has 0 radical (unpaired) electrons. The Bertz CT molecular complexity index is 574. The summed E-state index contributed by atoms with van der Waals surface area (Å²) in [7, 11) is 5.05. The molecular formula is C21H37N3O4. The molecule has 0 saturated heterocycles. The van der Waals surface area contributed by atoms with E-state index in [1.807, 2.05) is 13.8 Å². The van der Waals surface area contributed by atoms with Crippen molar-refractivity contribution in [3.8, 4) is 0 Å². The van der Waals surface area contributed by atoms with E-state index in [0.29, 0.717) is 12.8 Å². The van der Waals surface area contributed by atoms with E-state index >= 15 is 0 Å². The summed E-state index contributed by atoms with van der Waals surface area (Å²) in [6, 6.07) is -1.85. The molecule has 1 N–H and O–H groups in total. The van der Waals surface area contributed by atoms with Gasteiger partial charge in [-0.1, -0.05) is 26.3 Å². The van der Waals surface area contributed by atoms with E-state index in [-0.39, 0.29) is 35.7 Å². The molecule has 0 aliphatic rings. The third-order valence-electron chi connectivity index (χ3n) is 5.22. The smallest absolute Gasteiger partial charge is 0.243 e. The van der Waals surface area contributed by atoms with Gasteiger partial charge < -0.3 is 10.2 Å². The van der Waals surface area contributed by atoms with E-state index in [4.69, 9.17) is 0 Å². The molecule has 0 aromatic rings. The molecule has 0 heterocycles. The van der Waals surface area contributed by atoms with Gasteiger partial charge in [-0.15, -0.1) is 6.58 Å². The summed E-state index contributed by atoms with van der Waals surface area (Å²) in [5.74, 6) is -0.863. The largest absolute Gasteiger partial charge is 0.344 e. The number of carbonyl (C=O) groups is 4. The fourth-order valence-corrected chi connectivity index (χ4v) is 3.08. The molecule has 160 valence electrons. The van der Waals surface area contributed by atoms with Crippen molar-refractivity contribution < 1.29 is 19.2 Å². The zero-order valence-corrected chi connectivity index (χ0v) is 18.4. The normalized spacial score (nSPS) is 15.3. The van der Waals surface area contributed by atoms with E-state index < -0.39 is 18.1 Å². The predicted molar refractivity (Wildman–Crippen MR) is 111 cm³/mol. The minimum absolute atomic E-state index is 0.00153. The van der Waals surface area contributed by atoms with Crippen LogP contribution in [0.3, 0.4) is 0 Å². The minimum atomic E-state index is -0.730. The van der Waals surface area contributed by atoms with Crippen LogP contribution in [0.4, 0.5) is 0 Å². The van der Waals surface area contributed by atoms with Gasteiger partial charge in [0.2, 0.25) is 11.8 Å². The number of Topliss-reactive ketones (excluding diaryl/α,β-unsaturated/α-hetero) is 2. The van der Waals surface area contributed by atoms with Crippen LogP contribution in [0.25, 0.3) is 0 Å². The molecule has 0 fully saturated rings. The van der Waals surface area contributed by atoms with Gasteiger partial charge >= 0.3 is 0 Å². The summed E-state index contributed by atoms with van der Waals surface area (Å²) in [6.07, 6.45) is 3.38. The molecule has 28 heavy (non-hydrogen) atoms. The second-order valence-electron chi connectivity index (χ2n) is 7.66. The highest BCUT2D eigenvalue weighted by molar-refractivity contribution is 5.93. The lowest BCUT2D eigenvalue weighted by molar-refractivity contribution is -0.142. The van der Waals surface area contributed by atoms with Gasteiger partial charge in [-0.2, -0.15) is 0 Å². The monoisotopic (exact) mass is 395 g/mol. The molecule has 0 saturated carbocycles. The van der Waals surface area contributed by atoms with Gasteiger partial charge in [0.15, 0.2) is 5.78 Å². The Kier molecular flexibility index (Phi) is 11.5. The van der Waals surface area contributed by atoms with E-state index in [0.717, 1.165) is 6.42 Å². The van der Waals surface area contributed by atoms with Crippen molar-refractivity contribution in [3.05, 3.63) is 12.7 Å². The van der Waals surface area contributed by atoms with Gasteiger partial charge in [-0.25, -0.2) is 0 Å². The molecule has 7 nitrogen and oxygen atoms in total. The van der Waals surface area contributed by atoms with Crippen molar-refractivity contribution in [2.24, 2.45) is 5.92 Å². The first-order valence-electron chi connectivity index (χ1n) is 9.82. The van der Waals surface area contributed by atoms with Crippen LogP contribution < -0.4 is 5.32 Å². The third-order valence-corrected chi connectivity index (χ3v) is 5.22. The Labute approximate surface area is 169 Å². The standard InChI is InChI=1S/C21H37N3O4/c1-9-11-12-17(21(28)22-20(16(5)26)14(3)10-2)24(8)19(27)13-18(15(4)25)23(6)7/h9,14,17-18,20H,1,10-13H2,2-8H3,(H,22,28)/t14-,17-,18-,20-/m0/s1. The second kappa shape index (κ2) is 12.4. The number of hydrogen-bond acceptors (Lipinski definition) is 5. The number of likely N-dealkylation sites (N-methyl/N-ethyl adjacent to an activating group) is 2. The fraction of sp³-hybridized carbons (Fsp3) is 0.714. The van der Waals surface area contributed by atoms with Gasteiger partial charge in [0.25, 0.3) is 0 Å². The number of allylic oxidation sites excluding steroid dienone is 1. The molecule has 2 amide bonds. The first kappa shape index (κ1) is 26.0. The van der Waals surface area contributed by atoms with Crippen molar-refractivity contribution in [1.82, 2.24) is 15.1 Å². The number of nitrogens with one attached hydrogen (secondary N) is 1. The van der Waals surface area contributed by atoms with Gasteiger partial charge in [0.1, 0.15) is 11.8 Å². The van der Waals surface area contributed by atoms with Crippen molar-refractivity contribution in [1.29, 1.82) is 0 Å². The number of carbonyl (C=O) groups excluding carboxylic acids is 4. The van der Waals surface area contributed by atoms with E-state index in [1.165, 1.54) is 18.7 Å². The summed E-state index contributed by atoms with van der Waals surface area (Å²) in [6.45, 7) is 10.5. The van der Waals surface area contributed by atoms with Crippen molar-refractivity contribution >= 4 is 23.4 Å². The SMILES string of the molecule is C=CCC[C@@H](C(=O)N[C@H](C(C)=O)[C@@H](C)CC)N(C)C(=O)C[C@@H](C(C)=O)N(C)C. The lowest BCUT2D eigenvalue weighted by Gasteiger charge is -2.31. The number of ketones is 2. The lowest BCUT2D eigenvalue weighted by Crippen LogP contribution is -2.54. The molecular weight excluding hydrogens is 358 g/mol. The van der Waals surface area contributed by atoms with Crippen LogP contribution >= 0.6 is 0 Å². The van der Waals surface area contributed by atoms with Crippen LogP contribution in [0.2, 0.25) is 0 Å². The summed E-state index contributed by atoms with van der Waals surface area (Å²) in [4.78, 5) is 52.5. The molecule has 0 unspecified atom stereocenters. The number of amides is 2. The van der Waals surface area contributed by atoms with Gasteiger partial charge in [0.05, 0.1) is 12.1 Å². The van der Waals surface area contributed by atoms with Gasteiger partial charge in [-0.3, -0.25) is 24.1 Å². The summed E-state index contributed by atoms with van der Waals surface area (Å²) < 4.78 is 0. The average Bonchev–Trinajstić information content (AvgIpc) is 2.62. The molecule has 0 aliphatic carbocycles. The van der Waals surface area contributed by atoms with Crippen LogP contribution in [-0.2, 0) is 19.2 Å². The average molecular weight is 396 g/mol. The fourth-order valence-electron chi connectivity index (χ4n) is 3.08. The Morgan fingerprint density at radius 2 is 1.61 bits per heavy atom. The Morgan fingerprint density at radius 1 is 1.04 bits per heavy atom. The molecule has 0 aliphatic heterocycles. The zero-order valence-electron chi connectivity index (χ0n) is 18.4. The minimum Gasteiger partial charge on any atom is -0.344 e. The second-order valence-corrected chi connectivity index (χ2v) is 7.66. The zero-order chi connectivity index (χ0) is 22.0. The van der Waals surface area contributed by atoms with Gasteiger partial charge in [-0.05, 0) is 46.7 Å². The van der Waals surface area contributed by atoms with Crippen LogP contribution in [-0.4, -0.2) is 72.4 Å². The quantitative estimate of drug-likeness (QED) is 0.481. The van der Waals surface area contributed by atoms with Crippen molar-refractivity contribution in [2.75, 3.05) is 21.1 Å². The highest BCUT2D eigenvalue weighted by Gasteiger charge is 2.32. The maximum absolute atomic E-state index is 12.9. The summed E-state index contributed by atoms with van der Waals surface area (Å²) >= 11 is 0. The first-order chi connectivity index (χ1) is 13.0. The van der Waals surface area contributed by atoms with Crippen LogP contribution in [0, 0.1) is 5.92 Å². The molecule has 0 aromatic heterocycles. The highest BCUT2D eigenvalue weighted by atomic mass is 16.2. The lowest BCUT2D eigenvalue weighted by atomic mass is 9.95. The molecule has 7 heteroatoms. The molecule has 4 atom stereocenters. The van der Waals surface area contributed by atoms with Gasteiger partial charge in [0, 0.05) is 13.5 Å². The topological polar surface area (TPSA) is 86.8 Å². The third kappa shape index (κ3) is 7.92. The Hall–Kier alpha value is -2.02.